The monoisotopic (exact) mass is 206 g/mol. The van der Waals surface area contributed by atoms with Gasteiger partial charge in [0.2, 0.25) is 5.91 Å². The Balaban J connectivity index is 3.76. The first kappa shape index (κ1) is 12.6. The van der Waals surface area contributed by atoms with Gasteiger partial charge >= 0.3 is 0 Å². The lowest BCUT2D eigenvalue weighted by Gasteiger charge is -2.12. The molecule has 0 aliphatic carbocycles. The number of nitrogens with two attached hydrogens (primary N) is 1. The molecule has 0 rings (SSSR count). The van der Waals surface area contributed by atoms with Crippen molar-refractivity contribution in [1.29, 1.82) is 0 Å². The third-order valence-electron chi connectivity index (χ3n) is 1.91. The number of rotatable bonds is 5. The van der Waals surface area contributed by atoms with Gasteiger partial charge in [0.15, 0.2) is 0 Å². The lowest BCUT2D eigenvalue weighted by Crippen LogP contribution is -2.43. The first-order valence-electron chi connectivity index (χ1n) is 4.34. The third-order valence-corrected chi connectivity index (χ3v) is 3.21. The van der Waals surface area contributed by atoms with Gasteiger partial charge in [0, 0.05) is 28.9 Å². The van der Waals surface area contributed by atoms with Crippen LogP contribution in [0.2, 0.25) is 0 Å². The number of nitrogens with one attached hydrogen (secondary N) is 1. The zero-order valence-corrected chi connectivity index (χ0v) is 9.19. The number of carbonyl (C=O) groups is 1. The summed E-state index contributed by atoms with van der Waals surface area (Å²) < 4.78 is 10.9. The quantitative estimate of drug-likeness (QED) is 0.643. The van der Waals surface area contributed by atoms with Crippen LogP contribution in [0, 0.1) is 0 Å². The first-order chi connectivity index (χ1) is 5.99. The van der Waals surface area contributed by atoms with Crippen LogP contribution in [0.4, 0.5) is 0 Å². The largest absolute Gasteiger partial charge is 0.354 e. The molecule has 78 valence electrons. The molecule has 0 bridgehead atoms. The molecule has 0 fully saturated rings. The molecule has 0 aromatic carbocycles. The molecule has 5 heteroatoms. The Morgan fingerprint density at radius 3 is 2.54 bits per heavy atom. The van der Waals surface area contributed by atoms with E-state index in [1.807, 2.05) is 13.8 Å². The third kappa shape index (κ3) is 5.00. The molecule has 3 N–H and O–H groups in total. The van der Waals surface area contributed by atoms with Crippen LogP contribution in [0.3, 0.4) is 0 Å². The van der Waals surface area contributed by atoms with Crippen molar-refractivity contribution in [2.24, 2.45) is 5.73 Å². The molecule has 1 amide bonds. The molecule has 0 radical (unpaired) electrons. The number of carbonyl (C=O) groups excluding carboxylic acids is 1. The predicted molar refractivity (Wildman–Crippen MR) is 54.8 cm³/mol. The van der Waals surface area contributed by atoms with Crippen LogP contribution in [-0.2, 0) is 15.6 Å². The van der Waals surface area contributed by atoms with Crippen molar-refractivity contribution in [3.8, 4) is 0 Å². The van der Waals surface area contributed by atoms with Crippen molar-refractivity contribution in [1.82, 2.24) is 5.32 Å². The van der Waals surface area contributed by atoms with Gasteiger partial charge in [-0.05, 0) is 13.3 Å². The summed E-state index contributed by atoms with van der Waals surface area (Å²) in [5, 5.41) is 2.64. The van der Waals surface area contributed by atoms with Crippen LogP contribution in [0.5, 0.6) is 0 Å². The predicted octanol–water partition coefficient (Wildman–Crippen LogP) is -0.393. The zero-order chi connectivity index (χ0) is 10.4. The minimum atomic E-state index is -0.897. The summed E-state index contributed by atoms with van der Waals surface area (Å²) in [6.07, 6.45) is 2.24. The Labute approximate surface area is 81.7 Å². The highest BCUT2D eigenvalue weighted by Crippen LogP contribution is 1.91. The smallest absolute Gasteiger partial charge is 0.236 e. The summed E-state index contributed by atoms with van der Waals surface area (Å²) >= 11 is 0. The van der Waals surface area contributed by atoms with Gasteiger partial charge in [0.1, 0.15) is 0 Å². The Morgan fingerprint density at radius 1 is 1.62 bits per heavy atom. The van der Waals surface area contributed by atoms with E-state index >= 15 is 0 Å². The number of amides is 1. The average molecular weight is 206 g/mol. The molecule has 3 atom stereocenters. The molecule has 0 saturated carbocycles. The first-order valence-corrected chi connectivity index (χ1v) is 5.96. The van der Waals surface area contributed by atoms with Crippen LogP contribution < -0.4 is 11.1 Å². The van der Waals surface area contributed by atoms with Gasteiger partial charge in [-0.3, -0.25) is 9.00 Å². The lowest BCUT2D eigenvalue weighted by atomic mass is 10.2. The summed E-state index contributed by atoms with van der Waals surface area (Å²) in [4.78, 5) is 11.2. The fraction of sp³-hybridized carbons (Fsp3) is 0.875. The molecule has 13 heavy (non-hydrogen) atoms. The van der Waals surface area contributed by atoms with Gasteiger partial charge in [-0.15, -0.1) is 0 Å². The molecule has 0 aliphatic rings. The molecular weight excluding hydrogens is 188 g/mol. The maximum absolute atomic E-state index is 11.2. The minimum absolute atomic E-state index is 0.0204. The van der Waals surface area contributed by atoms with Crippen LogP contribution >= 0.6 is 0 Å². The van der Waals surface area contributed by atoms with E-state index in [1.165, 1.54) is 0 Å². The zero-order valence-electron chi connectivity index (χ0n) is 8.37. The molecule has 0 spiro atoms. The van der Waals surface area contributed by atoms with Gasteiger partial charge < -0.3 is 11.1 Å². The van der Waals surface area contributed by atoms with Crippen molar-refractivity contribution in [3.05, 3.63) is 0 Å². The van der Waals surface area contributed by atoms with Crippen molar-refractivity contribution in [3.63, 3.8) is 0 Å². The highest BCUT2D eigenvalue weighted by Gasteiger charge is 2.12. The Kier molecular flexibility index (Phi) is 5.90. The van der Waals surface area contributed by atoms with E-state index in [9.17, 15) is 9.00 Å². The Hall–Kier alpha value is -0.420. The topological polar surface area (TPSA) is 72.2 Å². The van der Waals surface area contributed by atoms with Crippen molar-refractivity contribution in [2.45, 2.75) is 31.6 Å². The molecule has 4 nitrogen and oxygen atoms in total. The Morgan fingerprint density at radius 2 is 2.15 bits per heavy atom. The molecular formula is C8H18N2O2S. The number of hydrogen-bond acceptors (Lipinski definition) is 3. The van der Waals surface area contributed by atoms with Crippen molar-refractivity contribution >= 4 is 16.7 Å². The van der Waals surface area contributed by atoms with Crippen LogP contribution in [0.25, 0.3) is 0 Å². The molecule has 3 unspecified atom stereocenters. The van der Waals surface area contributed by atoms with E-state index in [4.69, 9.17) is 5.73 Å². The van der Waals surface area contributed by atoms with Gasteiger partial charge in [-0.1, -0.05) is 6.92 Å². The molecule has 0 saturated heterocycles. The van der Waals surface area contributed by atoms with E-state index in [0.717, 1.165) is 0 Å². The van der Waals surface area contributed by atoms with Crippen LogP contribution in [-0.4, -0.2) is 34.2 Å². The molecule has 0 aliphatic heterocycles. The van der Waals surface area contributed by atoms with E-state index < -0.39 is 16.8 Å². The molecule has 0 aromatic rings. The van der Waals surface area contributed by atoms with Gasteiger partial charge in [-0.2, -0.15) is 0 Å². The highest BCUT2D eigenvalue weighted by molar-refractivity contribution is 7.84. The SMILES string of the molecule is CCC(N)C(=O)NCC(C)S(C)=O. The maximum Gasteiger partial charge on any atom is 0.236 e. The standard InChI is InChI=1S/C8H18N2O2S/c1-4-7(9)8(11)10-5-6(2)13(3)12/h6-7H,4-5,9H2,1-3H3,(H,10,11). The second-order valence-electron chi connectivity index (χ2n) is 3.07. The molecule has 0 heterocycles. The van der Waals surface area contributed by atoms with E-state index in [1.54, 1.807) is 6.26 Å². The Bertz CT molecular complexity index is 197. The van der Waals surface area contributed by atoms with E-state index in [0.29, 0.717) is 13.0 Å². The van der Waals surface area contributed by atoms with Gasteiger partial charge in [0.05, 0.1) is 6.04 Å². The van der Waals surface area contributed by atoms with E-state index in [-0.39, 0.29) is 11.2 Å². The second-order valence-corrected chi connectivity index (χ2v) is 4.87. The van der Waals surface area contributed by atoms with Crippen LogP contribution in [0.1, 0.15) is 20.3 Å². The fourth-order valence-corrected chi connectivity index (χ4v) is 0.996. The second kappa shape index (κ2) is 6.10. The van der Waals surface area contributed by atoms with E-state index in [2.05, 4.69) is 5.32 Å². The summed E-state index contributed by atoms with van der Waals surface area (Å²) in [6, 6.07) is -0.447. The summed E-state index contributed by atoms with van der Waals surface area (Å²) in [5.41, 5.74) is 5.49. The number of hydrogen-bond donors (Lipinski definition) is 2. The average Bonchev–Trinajstić information content (AvgIpc) is 2.11. The lowest BCUT2D eigenvalue weighted by molar-refractivity contribution is -0.122. The van der Waals surface area contributed by atoms with Gasteiger partial charge in [0.25, 0.3) is 0 Å². The normalized spacial score (nSPS) is 17.5. The molecule has 0 aromatic heterocycles. The van der Waals surface area contributed by atoms with Crippen LogP contribution in [0.15, 0.2) is 0 Å². The maximum atomic E-state index is 11.2. The highest BCUT2D eigenvalue weighted by atomic mass is 32.2. The summed E-state index contributed by atoms with van der Waals surface area (Å²) in [5.74, 6) is -0.167. The minimum Gasteiger partial charge on any atom is -0.354 e. The fourth-order valence-electron chi connectivity index (χ4n) is 0.678. The van der Waals surface area contributed by atoms with Crippen molar-refractivity contribution in [2.75, 3.05) is 12.8 Å². The summed E-state index contributed by atoms with van der Waals surface area (Å²) in [7, 11) is -0.897. The van der Waals surface area contributed by atoms with Gasteiger partial charge in [-0.25, -0.2) is 0 Å². The van der Waals surface area contributed by atoms with Crippen molar-refractivity contribution < 1.29 is 9.00 Å². The summed E-state index contributed by atoms with van der Waals surface area (Å²) in [6.45, 7) is 4.11.